The van der Waals surface area contributed by atoms with E-state index in [1.54, 1.807) is 0 Å². The Morgan fingerprint density at radius 1 is 0.323 bits per heavy atom. The van der Waals surface area contributed by atoms with Gasteiger partial charge in [-0.15, -0.1) is 0 Å². The second-order valence-electron chi connectivity index (χ2n) is 16.0. The zero-order valence-corrected chi connectivity index (χ0v) is 38.9. The fraction of sp³-hybridized carbons (Fsp3) is 0.615. The second-order valence-corrected chi connectivity index (χ2v) is 16.0. The van der Waals surface area contributed by atoms with Gasteiger partial charge >= 0.3 is 11.9 Å². The lowest BCUT2D eigenvalue weighted by Gasteiger charge is -2.21. The van der Waals surface area contributed by atoms with E-state index in [1.165, 1.54) is 0 Å². The normalized spacial score (nSPS) is 11.3. The molecule has 4 aromatic carbocycles. The van der Waals surface area contributed by atoms with E-state index in [1.807, 2.05) is 13.8 Å². The lowest BCUT2D eigenvalue weighted by molar-refractivity contribution is -0.144. The molecule has 0 radical (unpaired) electrons. The number of carbonyl (C=O) groups is 2. The number of hydrogen-bond acceptors (Lipinski definition) is 10. The van der Waals surface area contributed by atoms with Crippen LogP contribution in [0.25, 0.3) is 32.3 Å². The molecule has 0 heterocycles. The second kappa shape index (κ2) is 28.9. The Bertz CT molecular complexity index is 1780. The molecule has 62 heavy (non-hydrogen) atoms. The maximum Gasteiger partial charge on any atom is 0.305 e. The molecule has 0 atom stereocenters. The van der Waals surface area contributed by atoms with Crippen LogP contribution in [0.2, 0.25) is 0 Å². The quantitative estimate of drug-likeness (QED) is 0.0256. The van der Waals surface area contributed by atoms with E-state index in [2.05, 4.69) is 64.1 Å². The largest absolute Gasteiger partial charge is 0.490 e. The van der Waals surface area contributed by atoms with Crippen molar-refractivity contribution in [1.29, 1.82) is 0 Å². The standard InChI is InChI=1S/C52H76O10/c1-7-13-19-27-57-45-33-39-40(34-46(45)58-28-20-14-8-2)44-38-50(62-32-24-18-26-52(54)56-12-6)48(60-30-22-16-10-4)36-42(44)41-35-47(59-29-21-15-9-3)49(37-43(39)41)61-31-23-17-25-51(53)55-11-5/h33-38H,7-32H2,1-6H3. The first kappa shape index (κ1) is 50.0. The lowest BCUT2D eigenvalue weighted by Crippen LogP contribution is -2.06. The molecular weight excluding hydrogens is 785 g/mol. The van der Waals surface area contributed by atoms with Crippen molar-refractivity contribution >= 4 is 44.3 Å². The van der Waals surface area contributed by atoms with Gasteiger partial charge in [0.1, 0.15) is 0 Å². The van der Waals surface area contributed by atoms with Gasteiger partial charge in [-0.3, -0.25) is 9.59 Å². The molecule has 4 aromatic rings. The van der Waals surface area contributed by atoms with E-state index < -0.39 is 0 Å². The van der Waals surface area contributed by atoms with E-state index >= 15 is 0 Å². The molecule has 0 aliphatic rings. The zero-order valence-electron chi connectivity index (χ0n) is 38.9. The molecule has 0 amide bonds. The highest BCUT2D eigenvalue weighted by atomic mass is 16.5. The summed E-state index contributed by atoms with van der Waals surface area (Å²) in [4.78, 5) is 24.1. The summed E-state index contributed by atoms with van der Waals surface area (Å²) >= 11 is 0. The number of ether oxygens (including phenoxy) is 8. The summed E-state index contributed by atoms with van der Waals surface area (Å²) in [6, 6.07) is 12.7. The third-order valence-corrected chi connectivity index (χ3v) is 10.8. The molecule has 0 saturated carbocycles. The van der Waals surface area contributed by atoms with Crippen molar-refractivity contribution in [2.45, 2.75) is 157 Å². The van der Waals surface area contributed by atoms with Crippen molar-refractivity contribution in [3.63, 3.8) is 0 Å². The maximum atomic E-state index is 12.0. The molecule has 0 N–H and O–H groups in total. The van der Waals surface area contributed by atoms with E-state index in [4.69, 9.17) is 37.9 Å². The summed E-state index contributed by atoms with van der Waals surface area (Å²) in [5.41, 5.74) is 0. The number of esters is 2. The Morgan fingerprint density at radius 3 is 0.726 bits per heavy atom. The van der Waals surface area contributed by atoms with Crippen molar-refractivity contribution < 1.29 is 47.5 Å². The first-order valence-corrected chi connectivity index (χ1v) is 24.0. The van der Waals surface area contributed by atoms with Gasteiger partial charge in [-0.1, -0.05) is 79.1 Å². The van der Waals surface area contributed by atoms with E-state index in [0.717, 1.165) is 121 Å². The van der Waals surface area contributed by atoms with Crippen LogP contribution in [0, 0.1) is 0 Å². The number of fused-ring (bicyclic) bond motifs is 6. The topological polar surface area (TPSA) is 108 Å². The minimum absolute atomic E-state index is 0.186. The van der Waals surface area contributed by atoms with Crippen LogP contribution in [-0.2, 0) is 19.1 Å². The molecule has 0 fully saturated rings. The zero-order chi connectivity index (χ0) is 44.4. The predicted molar refractivity (Wildman–Crippen MR) is 251 cm³/mol. The molecule has 0 aliphatic heterocycles. The first-order chi connectivity index (χ1) is 30.4. The number of hydrogen-bond donors (Lipinski definition) is 0. The number of rotatable bonds is 34. The molecule has 0 saturated heterocycles. The van der Waals surface area contributed by atoms with Crippen molar-refractivity contribution in [3.8, 4) is 34.5 Å². The van der Waals surface area contributed by atoms with E-state index in [9.17, 15) is 9.59 Å². The highest BCUT2D eigenvalue weighted by Gasteiger charge is 2.21. The molecule has 0 bridgehead atoms. The van der Waals surface area contributed by atoms with Crippen LogP contribution in [0.5, 0.6) is 34.5 Å². The monoisotopic (exact) mass is 861 g/mol. The van der Waals surface area contributed by atoms with Gasteiger partial charge in [-0.2, -0.15) is 0 Å². The maximum absolute atomic E-state index is 12.0. The number of carbonyl (C=O) groups excluding carboxylic acids is 2. The van der Waals surface area contributed by atoms with Gasteiger partial charge in [0.2, 0.25) is 0 Å². The summed E-state index contributed by atoms with van der Waals surface area (Å²) < 4.78 is 49.5. The van der Waals surface area contributed by atoms with Crippen LogP contribution in [0.1, 0.15) is 157 Å². The van der Waals surface area contributed by atoms with Gasteiger partial charge in [-0.25, -0.2) is 0 Å². The van der Waals surface area contributed by atoms with Crippen molar-refractivity contribution in [3.05, 3.63) is 36.4 Å². The molecule has 10 heteroatoms. The average molecular weight is 861 g/mol. The van der Waals surface area contributed by atoms with E-state index in [0.29, 0.717) is 114 Å². The third kappa shape index (κ3) is 15.9. The molecule has 4 rings (SSSR count). The fourth-order valence-corrected chi connectivity index (χ4v) is 7.40. The highest BCUT2D eigenvalue weighted by Crippen LogP contribution is 2.47. The van der Waals surface area contributed by atoms with Gasteiger partial charge in [0, 0.05) is 12.8 Å². The average Bonchev–Trinajstić information content (AvgIpc) is 3.27. The summed E-state index contributed by atoms with van der Waals surface area (Å²) in [7, 11) is 0. The number of benzene rings is 4. The van der Waals surface area contributed by atoms with Gasteiger partial charge in [0.25, 0.3) is 0 Å². The Morgan fingerprint density at radius 2 is 0.532 bits per heavy atom. The van der Waals surface area contributed by atoms with Gasteiger partial charge in [0.05, 0.1) is 52.9 Å². The van der Waals surface area contributed by atoms with Crippen molar-refractivity contribution in [2.24, 2.45) is 0 Å². The minimum Gasteiger partial charge on any atom is -0.490 e. The fourth-order valence-electron chi connectivity index (χ4n) is 7.40. The Hall–Kier alpha value is -4.60. The molecular formula is C52H76O10. The summed E-state index contributed by atoms with van der Waals surface area (Å²) in [5, 5.41) is 5.99. The summed E-state index contributed by atoms with van der Waals surface area (Å²) in [6.45, 7) is 16.4. The van der Waals surface area contributed by atoms with Crippen LogP contribution < -0.4 is 28.4 Å². The SMILES string of the molecule is CCCCCOc1cc2c(cc1OCCCCC)c1cc(OCCCCC(=O)OCC)c(OCCCCC)cc1c1cc(OCCCCC)c(OCCCCC(=O)OCC)cc21. The third-order valence-electron chi connectivity index (χ3n) is 10.8. The molecule has 0 spiro atoms. The summed E-state index contributed by atoms with van der Waals surface area (Å²) in [6.07, 6.45) is 15.9. The van der Waals surface area contributed by atoms with Crippen molar-refractivity contribution in [2.75, 3.05) is 52.9 Å². The molecule has 0 aliphatic carbocycles. The summed E-state index contributed by atoms with van der Waals surface area (Å²) in [5.74, 6) is 3.76. The smallest absolute Gasteiger partial charge is 0.305 e. The molecule has 344 valence electrons. The van der Waals surface area contributed by atoms with Crippen molar-refractivity contribution in [1.82, 2.24) is 0 Å². The molecule has 0 unspecified atom stereocenters. The van der Waals surface area contributed by atoms with Gasteiger partial charge < -0.3 is 37.9 Å². The Balaban J connectivity index is 1.92. The van der Waals surface area contributed by atoms with Crippen LogP contribution in [0.15, 0.2) is 36.4 Å². The highest BCUT2D eigenvalue weighted by molar-refractivity contribution is 6.26. The lowest BCUT2D eigenvalue weighted by atomic mass is 9.93. The number of unbranched alkanes of at least 4 members (excludes halogenated alkanes) is 10. The minimum atomic E-state index is -0.186. The molecule has 10 nitrogen and oxygen atoms in total. The Kier molecular flexibility index (Phi) is 23.3. The van der Waals surface area contributed by atoms with Crippen LogP contribution >= 0.6 is 0 Å². The van der Waals surface area contributed by atoms with Crippen LogP contribution in [0.3, 0.4) is 0 Å². The van der Waals surface area contributed by atoms with Gasteiger partial charge in [-0.05, 0) is 134 Å². The predicted octanol–water partition coefficient (Wildman–Crippen LogP) is 13.6. The van der Waals surface area contributed by atoms with E-state index in [-0.39, 0.29) is 11.9 Å². The molecule has 0 aromatic heterocycles. The Labute approximate surface area is 371 Å². The van der Waals surface area contributed by atoms with Gasteiger partial charge in [0.15, 0.2) is 34.5 Å². The van der Waals surface area contributed by atoms with Crippen LogP contribution in [0.4, 0.5) is 0 Å². The first-order valence-electron chi connectivity index (χ1n) is 24.0. The van der Waals surface area contributed by atoms with Crippen LogP contribution in [-0.4, -0.2) is 64.8 Å².